The zero-order valence-corrected chi connectivity index (χ0v) is 12.9. The average Bonchev–Trinajstić information content (AvgIpc) is 2.66. The summed E-state index contributed by atoms with van der Waals surface area (Å²) in [5, 5.41) is 0. The Morgan fingerprint density at radius 1 is 1.12 bits per heavy atom. The van der Waals surface area contributed by atoms with E-state index in [1.165, 1.54) is 0 Å². The second-order valence-corrected chi connectivity index (χ2v) is 4.60. The Morgan fingerprint density at radius 3 is 2.33 bits per heavy atom. The summed E-state index contributed by atoms with van der Waals surface area (Å²) < 4.78 is 52.5. The normalized spacial score (nSPS) is 10.9. The number of alkyl halides is 3. The van der Waals surface area contributed by atoms with E-state index < -0.39 is 34.9 Å². The van der Waals surface area contributed by atoms with Gasteiger partial charge in [0.25, 0.3) is 0 Å². The summed E-state index contributed by atoms with van der Waals surface area (Å²) in [4.78, 5) is 34.2. The van der Waals surface area contributed by atoms with Gasteiger partial charge in [-0.2, -0.15) is 13.2 Å². The quantitative estimate of drug-likeness (QED) is 0.462. The molecule has 0 heterocycles. The van der Waals surface area contributed by atoms with Gasteiger partial charge in [-0.25, -0.2) is 9.59 Å². The number of unbranched alkanes of at least 4 members (excludes halogenated alkanes) is 1. The van der Waals surface area contributed by atoms with Crippen molar-refractivity contribution < 1.29 is 37.0 Å². The number of ether oxygens (including phenoxy) is 3. The van der Waals surface area contributed by atoms with Gasteiger partial charge in [0.15, 0.2) is 5.75 Å². The van der Waals surface area contributed by atoms with Gasteiger partial charge in [-0.3, -0.25) is 4.79 Å². The molecule has 0 aromatic heterocycles. The molecule has 0 amide bonds. The summed E-state index contributed by atoms with van der Waals surface area (Å²) in [6.45, 7) is 1.96. The number of esters is 2. The molecule has 1 aromatic rings. The minimum atomic E-state index is -4.80. The zero-order chi connectivity index (χ0) is 18.3. The fourth-order valence-electron chi connectivity index (χ4n) is 1.54. The molecule has 0 unspecified atom stereocenters. The molecule has 0 saturated heterocycles. The standard InChI is InChI=1S/C15H15F3O6/c1-3-4-5-23-10-6-9(15(16,17)18)7-11(19)12(8-10)24-14(21)13(20)22-2/h6-8H,3-5H2,1-2H3. The van der Waals surface area contributed by atoms with E-state index in [0.29, 0.717) is 12.5 Å². The van der Waals surface area contributed by atoms with Crippen LogP contribution < -0.4 is 14.9 Å². The van der Waals surface area contributed by atoms with Gasteiger partial charge >= 0.3 is 18.1 Å². The van der Waals surface area contributed by atoms with Crippen molar-refractivity contribution in [3.63, 3.8) is 0 Å². The zero-order valence-electron chi connectivity index (χ0n) is 12.9. The molecule has 132 valence electrons. The molecule has 1 rings (SSSR count). The Hall–Kier alpha value is -2.58. The van der Waals surface area contributed by atoms with Crippen molar-refractivity contribution in [2.45, 2.75) is 25.9 Å². The van der Waals surface area contributed by atoms with Crippen LogP contribution in [0.2, 0.25) is 0 Å². The molecule has 0 radical (unpaired) electrons. The predicted molar refractivity (Wildman–Crippen MR) is 75.8 cm³/mol. The third kappa shape index (κ3) is 5.56. The summed E-state index contributed by atoms with van der Waals surface area (Å²) in [6, 6.07) is 1.70. The molecule has 0 atom stereocenters. The van der Waals surface area contributed by atoms with Crippen molar-refractivity contribution in [3.05, 3.63) is 34.0 Å². The van der Waals surface area contributed by atoms with Crippen LogP contribution in [0.3, 0.4) is 0 Å². The Morgan fingerprint density at radius 2 is 1.79 bits per heavy atom. The van der Waals surface area contributed by atoms with E-state index in [2.05, 4.69) is 9.47 Å². The summed E-state index contributed by atoms with van der Waals surface area (Å²) in [6.07, 6.45) is -3.49. The average molecular weight is 348 g/mol. The Bertz CT molecular complexity index is 669. The van der Waals surface area contributed by atoms with Crippen molar-refractivity contribution in [1.82, 2.24) is 0 Å². The van der Waals surface area contributed by atoms with Crippen LogP contribution in [0.15, 0.2) is 23.0 Å². The van der Waals surface area contributed by atoms with E-state index in [-0.39, 0.29) is 18.4 Å². The molecule has 0 bridgehead atoms. The molecule has 24 heavy (non-hydrogen) atoms. The van der Waals surface area contributed by atoms with Gasteiger partial charge < -0.3 is 14.2 Å². The lowest BCUT2D eigenvalue weighted by Gasteiger charge is -2.06. The van der Waals surface area contributed by atoms with Crippen LogP contribution in [0.25, 0.3) is 0 Å². The topological polar surface area (TPSA) is 78.9 Å². The number of methoxy groups -OCH3 is 1. The van der Waals surface area contributed by atoms with Gasteiger partial charge in [0.1, 0.15) is 5.75 Å². The predicted octanol–water partition coefficient (Wildman–Crippen LogP) is 2.32. The highest BCUT2D eigenvalue weighted by molar-refractivity contribution is 6.30. The first kappa shape index (κ1) is 19.5. The number of halogens is 3. The molecule has 0 saturated carbocycles. The maximum Gasteiger partial charge on any atom is 0.422 e. The van der Waals surface area contributed by atoms with Crippen molar-refractivity contribution in [2.75, 3.05) is 13.7 Å². The SMILES string of the molecule is CCCCOc1cc(C(F)(F)F)cc(=O)c(OC(=O)C(=O)OC)c1. The molecular weight excluding hydrogens is 333 g/mol. The van der Waals surface area contributed by atoms with E-state index in [1.54, 1.807) is 0 Å². The molecule has 0 N–H and O–H groups in total. The van der Waals surface area contributed by atoms with E-state index >= 15 is 0 Å². The maximum atomic E-state index is 12.9. The van der Waals surface area contributed by atoms with E-state index in [1.807, 2.05) is 6.92 Å². The Balaban J connectivity index is 3.30. The lowest BCUT2D eigenvalue weighted by atomic mass is 10.2. The molecule has 0 aliphatic heterocycles. The lowest BCUT2D eigenvalue weighted by Crippen LogP contribution is -2.23. The number of hydrogen-bond acceptors (Lipinski definition) is 6. The highest BCUT2D eigenvalue weighted by Crippen LogP contribution is 2.31. The molecule has 0 fully saturated rings. The van der Waals surface area contributed by atoms with Crippen molar-refractivity contribution in [1.29, 1.82) is 0 Å². The molecule has 1 aromatic carbocycles. The number of carbonyl (C=O) groups is 2. The smallest absolute Gasteiger partial charge is 0.422 e. The fourth-order valence-corrected chi connectivity index (χ4v) is 1.54. The molecule has 0 spiro atoms. The molecule has 0 aliphatic carbocycles. The highest BCUT2D eigenvalue weighted by Gasteiger charge is 2.32. The lowest BCUT2D eigenvalue weighted by molar-refractivity contribution is -0.160. The summed E-state index contributed by atoms with van der Waals surface area (Å²) in [7, 11) is 0.910. The van der Waals surface area contributed by atoms with E-state index in [9.17, 15) is 27.6 Å². The van der Waals surface area contributed by atoms with Crippen LogP contribution in [0.1, 0.15) is 25.3 Å². The van der Waals surface area contributed by atoms with E-state index in [4.69, 9.17) is 4.74 Å². The summed E-state index contributed by atoms with van der Waals surface area (Å²) in [5.41, 5.74) is -2.50. The van der Waals surface area contributed by atoms with Gasteiger partial charge in [-0.1, -0.05) is 13.3 Å². The number of carbonyl (C=O) groups excluding carboxylic acids is 2. The van der Waals surface area contributed by atoms with Crippen molar-refractivity contribution >= 4 is 11.9 Å². The number of rotatable bonds is 5. The van der Waals surface area contributed by atoms with Crippen LogP contribution >= 0.6 is 0 Å². The minimum Gasteiger partial charge on any atom is -0.493 e. The largest absolute Gasteiger partial charge is 0.493 e. The second kappa shape index (κ2) is 8.32. The maximum absolute atomic E-state index is 12.9. The summed E-state index contributed by atoms with van der Waals surface area (Å²) >= 11 is 0. The second-order valence-electron chi connectivity index (χ2n) is 4.60. The first-order valence-corrected chi connectivity index (χ1v) is 6.88. The van der Waals surface area contributed by atoms with Crippen LogP contribution in [0, 0.1) is 0 Å². The van der Waals surface area contributed by atoms with Gasteiger partial charge in [-0.15, -0.1) is 0 Å². The molecule has 6 nitrogen and oxygen atoms in total. The van der Waals surface area contributed by atoms with Crippen LogP contribution in [0.4, 0.5) is 13.2 Å². The molecule has 0 aliphatic rings. The third-order valence-corrected chi connectivity index (χ3v) is 2.75. The van der Waals surface area contributed by atoms with Gasteiger partial charge in [0.05, 0.1) is 19.3 Å². The first-order chi connectivity index (χ1) is 11.2. The van der Waals surface area contributed by atoms with Crippen LogP contribution in [-0.4, -0.2) is 25.7 Å². The molecule has 9 heteroatoms. The van der Waals surface area contributed by atoms with Gasteiger partial charge in [-0.05, 0) is 12.5 Å². The third-order valence-electron chi connectivity index (χ3n) is 2.75. The van der Waals surface area contributed by atoms with Crippen molar-refractivity contribution in [2.24, 2.45) is 0 Å². The van der Waals surface area contributed by atoms with Gasteiger partial charge in [0.2, 0.25) is 5.43 Å². The monoisotopic (exact) mass is 348 g/mol. The van der Waals surface area contributed by atoms with Gasteiger partial charge in [0, 0.05) is 12.1 Å². The number of hydrogen-bond donors (Lipinski definition) is 0. The van der Waals surface area contributed by atoms with Crippen LogP contribution in [-0.2, 0) is 20.5 Å². The Labute approximate surface area is 135 Å². The van der Waals surface area contributed by atoms with Crippen LogP contribution in [0.5, 0.6) is 11.5 Å². The van der Waals surface area contributed by atoms with E-state index in [0.717, 1.165) is 19.6 Å². The first-order valence-electron chi connectivity index (χ1n) is 6.88. The summed E-state index contributed by atoms with van der Waals surface area (Å²) in [5.74, 6) is -4.02. The fraction of sp³-hybridized carbons (Fsp3) is 0.400. The Kier molecular flexibility index (Phi) is 6.75. The highest BCUT2D eigenvalue weighted by atomic mass is 19.4. The molecular formula is C15H15F3O6. The van der Waals surface area contributed by atoms with Crippen molar-refractivity contribution in [3.8, 4) is 11.5 Å². The minimum absolute atomic E-state index is 0.108.